The Morgan fingerprint density at radius 1 is 1.56 bits per heavy atom. The summed E-state index contributed by atoms with van der Waals surface area (Å²) in [4.78, 5) is 5.94. The predicted molar refractivity (Wildman–Crippen MR) is 66.8 cm³/mol. The average Bonchev–Trinajstić information content (AvgIpc) is 2.87. The minimum atomic E-state index is 0.386. The number of thiazole rings is 1. The number of nitrogens with zero attached hydrogens (tertiary/aromatic N) is 1. The van der Waals surface area contributed by atoms with Crippen molar-refractivity contribution >= 4 is 11.3 Å². The highest BCUT2D eigenvalue weighted by Crippen LogP contribution is 2.27. The molecular weight excluding hydrogens is 220 g/mol. The maximum Gasteiger partial charge on any atom is 0.0957 e. The first-order valence-electron chi connectivity index (χ1n) is 6.01. The van der Waals surface area contributed by atoms with Gasteiger partial charge < -0.3 is 10.5 Å². The van der Waals surface area contributed by atoms with Crippen LogP contribution in [-0.4, -0.2) is 17.7 Å². The summed E-state index contributed by atoms with van der Waals surface area (Å²) in [6.45, 7) is 5.86. The summed E-state index contributed by atoms with van der Waals surface area (Å²) in [7, 11) is 0. The van der Waals surface area contributed by atoms with Gasteiger partial charge >= 0.3 is 0 Å². The van der Waals surface area contributed by atoms with Crippen LogP contribution in [0.2, 0.25) is 0 Å². The van der Waals surface area contributed by atoms with E-state index < -0.39 is 0 Å². The lowest BCUT2D eigenvalue weighted by Gasteiger charge is -2.05. The molecule has 0 spiro atoms. The van der Waals surface area contributed by atoms with Gasteiger partial charge in [0, 0.05) is 24.4 Å². The van der Waals surface area contributed by atoms with Crippen LogP contribution in [0.15, 0.2) is 0 Å². The second-order valence-corrected chi connectivity index (χ2v) is 5.78. The SMILES string of the molecule is CC(C)c1nc(CC2CCCO2)sc1CN. The molecule has 1 saturated heterocycles. The van der Waals surface area contributed by atoms with Gasteiger partial charge in [-0.25, -0.2) is 4.98 Å². The highest BCUT2D eigenvalue weighted by molar-refractivity contribution is 7.11. The van der Waals surface area contributed by atoms with Gasteiger partial charge in [-0.3, -0.25) is 0 Å². The van der Waals surface area contributed by atoms with Gasteiger partial charge in [0.15, 0.2) is 0 Å². The predicted octanol–water partition coefficient (Wildman–Crippen LogP) is 2.45. The Balaban J connectivity index is 2.09. The normalized spacial score (nSPS) is 20.9. The minimum Gasteiger partial charge on any atom is -0.378 e. The van der Waals surface area contributed by atoms with E-state index in [9.17, 15) is 0 Å². The smallest absolute Gasteiger partial charge is 0.0957 e. The van der Waals surface area contributed by atoms with Crippen molar-refractivity contribution in [3.63, 3.8) is 0 Å². The van der Waals surface area contributed by atoms with Crippen molar-refractivity contribution in [1.82, 2.24) is 4.98 Å². The highest BCUT2D eigenvalue weighted by atomic mass is 32.1. The standard InChI is InChI=1S/C12H20N2OS/c1-8(2)12-10(7-13)16-11(14-12)6-9-4-3-5-15-9/h8-9H,3-7,13H2,1-2H3. The fraction of sp³-hybridized carbons (Fsp3) is 0.750. The molecule has 1 atom stereocenters. The van der Waals surface area contributed by atoms with Gasteiger partial charge in [-0.2, -0.15) is 0 Å². The van der Waals surface area contributed by atoms with E-state index in [1.807, 2.05) is 0 Å². The molecular formula is C12H20N2OS. The second-order valence-electron chi connectivity index (χ2n) is 4.61. The Morgan fingerprint density at radius 2 is 2.38 bits per heavy atom. The van der Waals surface area contributed by atoms with Crippen LogP contribution >= 0.6 is 11.3 Å². The Kier molecular flexibility index (Phi) is 3.95. The largest absolute Gasteiger partial charge is 0.378 e. The minimum absolute atomic E-state index is 0.386. The van der Waals surface area contributed by atoms with E-state index in [0.29, 0.717) is 18.6 Å². The third-order valence-electron chi connectivity index (χ3n) is 2.93. The quantitative estimate of drug-likeness (QED) is 0.879. The maximum atomic E-state index is 5.75. The van der Waals surface area contributed by atoms with Crippen LogP contribution in [0.5, 0.6) is 0 Å². The van der Waals surface area contributed by atoms with Gasteiger partial charge in [0.2, 0.25) is 0 Å². The number of rotatable bonds is 4. The average molecular weight is 240 g/mol. The summed E-state index contributed by atoms with van der Waals surface area (Å²) < 4.78 is 5.64. The Morgan fingerprint density at radius 3 is 2.88 bits per heavy atom. The van der Waals surface area contributed by atoms with E-state index in [0.717, 1.165) is 13.0 Å². The van der Waals surface area contributed by atoms with E-state index in [2.05, 4.69) is 13.8 Å². The van der Waals surface area contributed by atoms with Crippen molar-refractivity contribution in [1.29, 1.82) is 0 Å². The van der Waals surface area contributed by atoms with Gasteiger partial charge in [-0.15, -0.1) is 11.3 Å². The van der Waals surface area contributed by atoms with E-state index in [1.54, 1.807) is 11.3 Å². The zero-order valence-corrected chi connectivity index (χ0v) is 10.8. The molecule has 2 N–H and O–H groups in total. The van der Waals surface area contributed by atoms with Crippen molar-refractivity contribution < 1.29 is 4.74 Å². The van der Waals surface area contributed by atoms with Crippen molar-refractivity contribution in [2.24, 2.45) is 5.73 Å². The fourth-order valence-corrected chi connectivity index (χ4v) is 3.27. The molecule has 1 aliphatic heterocycles. The number of hydrogen-bond donors (Lipinski definition) is 1. The molecule has 2 rings (SSSR count). The Hall–Kier alpha value is -0.450. The van der Waals surface area contributed by atoms with E-state index >= 15 is 0 Å². The Labute approximate surface area is 101 Å². The van der Waals surface area contributed by atoms with E-state index in [-0.39, 0.29) is 0 Å². The molecule has 4 heteroatoms. The lowest BCUT2D eigenvalue weighted by atomic mass is 10.1. The highest BCUT2D eigenvalue weighted by Gasteiger charge is 2.20. The van der Waals surface area contributed by atoms with Crippen LogP contribution in [-0.2, 0) is 17.7 Å². The lowest BCUT2D eigenvalue weighted by molar-refractivity contribution is 0.111. The van der Waals surface area contributed by atoms with Gasteiger partial charge in [-0.1, -0.05) is 13.8 Å². The van der Waals surface area contributed by atoms with E-state index in [4.69, 9.17) is 15.5 Å². The van der Waals surface area contributed by atoms with Crippen LogP contribution in [0.1, 0.15) is 48.2 Å². The first kappa shape index (κ1) is 12.0. The molecule has 1 fully saturated rings. The molecule has 0 aromatic carbocycles. The zero-order chi connectivity index (χ0) is 11.5. The van der Waals surface area contributed by atoms with Crippen molar-refractivity contribution in [3.8, 4) is 0 Å². The lowest BCUT2D eigenvalue weighted by Crippen LogP contribution is -2.08. The van der Waals surface area contributed by atoms with Crippen LogP contribution < -0.4 is 5.73 Å². The fourth-order valence-electron chi connectivity index (χ4n) is 2.10. The summed E-state index contributed by atoms with van der Waals surface area (Å²) >= 11 is 1.76. The number of hydrogen-bond acceptors (Lipinski definition) is 4. The number of aromatic nitrogens is 1. The summed E-state index contributed by atoms with van der Waals surface area (Å²) in [6.07, 6.45) is 3.72. The molecule has 3 nitrogen and oxygen atoms in total. The Bertz CT molecular complexity index is 343. The molecule has 16 heavy (non-hydrogen) atoms. The molecule has 2 heterocycles. The van der Waals surface area contributed by atoms with Crippen molar-refractivity contribution in [3.05, 3.63) is 15.6 Å². The number of ether oxygens (including phenoxy) is 1. The molecule has 1 aromatic heterocycles. The van der Waals surface area contributed by atoms with Crippen LogP contribution in [0, 0.1) is 0 Å². The number of nitrogens with two attached hydrogens (primary N) is 1. The van der Waals surface area contributed by atoms with Crippen molar-refractivity contribution in [2.45, 2.75) is 51.7 Å². The molecule has 0 radical (unpaired) electrons. The van der Waals surface area contributed by atoms with Gasteiger partial charge in [0.1, 0.15) is 0 Å². The molecule has 1 aliphatic rings. The topological polar surface area (TPSA) is 48.1 Å². The third-order valence-corrected chi connectivity index (χ3v) is 4.05. The molecule has 0 saturated carbocycles. The molecule has 0 amide bonds. The monoisotopic (exact) mass is 240 g/mol. The molecule has 1 unspecified atom stereocenters. The summed E-state index contributed by atoms with van der Waals surface area (Å²) in [6, 6.07) is 0. The van der Waals surface area contributed by atoms with Crippen molar-refractivity contribution in [2.75, 3.05) is 6.61 Å². The van der Waals surface area contributed by atoms with Crippen LogP contribution in [0.4, 0.5) is 0 Å². The first-order valence-corrected chi connectivity index (χ1v) is 6.82. The van der Waals surface area contributed by atoms with Gasteiger partial charge in [0.05, 0.1) is 16.8 Å². The van der Waals surface area contributed by atoms with Crippen LogP contribution in [0.3, 0.4) is 0 Å². The van der Waals surface area contributed by atoms with Crippen LogP contribution in [0.25, 0.3) is 0 Å². The maximum absolute atomic E-state index is 5.75. The van der Waals surface area contributed by atoms with E-state index in [1.165, 1.54) is 28.4 Å². The third kappa shape index (κ3) is 2.62. The molecule has 0 aliphatic carbocycles. The second kappa shape index (κ2) is 5.25. The zero-order valence-electron chi connectivity index (χ0n) is 10.0. The first-order chi connectivity index (χ1) is 7.70. The molecule has 1 aromatic rings. The summed E-state index contributed by atoms with van der Waals surface area (Å²) in [5.41, 5.74) is 6.93. The van der Waals surface area contributed by atoms with Gasteiger partial charge in [0.25, 0.3) is 0 Å². The summed E-state index contributed by atoms with van der Waals surface area (Å²) in [5, 5.41) is 1.19. The van der Waals surface area contributed by atoms with Gasteiger partial charge in [-0.05, 0) is 18.8 Å². The summed E-state index contributed by atoms with van der Waals surface area (Å²) in [5.74, 6) is 0.466. The molecule has 0 bridgehead atoms. The molecule has 90 valence electrons.